The zero-order valence-electron chi connectivity index (χ0n) is 16.5. The molecule has 0 bridgehead atoms. The Labute approximate surface area is 180 Å². The van der Waals surface area contributed by atoms with E-state index in [9.17, 15) is 9.59 Å². The molecule has 2 amide bonds. The predicted octanol–water partition coefficient (Wildman–Crippen LogP) is 4.62. The highest BCUT2D eigenvalue weighted by Crippen LogP contribution is 2.34. The highest BCUT2D eigenvalue weighted by molar-refractivity contribution is 8.26. The second-order valence-corrected chi connectivity index (χ2v) is 8.60. The smallest absolute Gasteiger partial charge is 0.266 e. The fourth-order valence-corrected chi connectivity index (χ4v) is 4.36. The third-order valence-electron chi connectivity index (χ3n) is 4.17. The predicted molar refractivity (Wildman–Crippen MR) is 122 cm³/mol. The largest absolute Gasteiger partial charge is 0.484 e. The number of anilines is 1. The zero-order chi connectivity index (χ0) is 21.0. The summed E-state index contributed by atoms with van der Waals surface area (Å²) in [5.74, 6) is 0.232. The second-order valence-electron chi connectivity index (χ2n) is 6.92. The van der Waals surface area contributed by atoms with Gasteiger partial charge in [-0.2, -0.15) is 0 Å². The Balaban J connectivity index is 1.63. The molecule has 2 aromatic carbocycles. The van der Waals surface area contributed by atoms with Gasteiger partial charge in [0.25, 0.3) is 11.8 Å². The fraction of sp³-hybridized carbons (Fsp3) is 0.227. The summed E-state index contributed by atoms with van der Waals surface area (Å²) in [5.41, 5.74) is 2.62. The molecule has 7 heteroatoms. The summed E-state index contributed by atoms with van der Waals surface area (Å²) in [4.78, 5) is 26.8. The quantitative estimate of drug-likeness (QED) is 0.539. The van der Waals surface area contributed by atoms with Crippen molar-refractivity contribution in [2.45, 2.75) is 26.8 Å². The number of thiocarbonyl (C=S) groups is 1. The van der Waals surface area contributed by atoms with Crippen LogP contribution in [0.3, 0.4) is 0 Å². The monoisotopic (exact) mass is 426 g/mol. The van der Waals surface area contributed by atoms with E-state index in [-0.39, 0.29) is 24.5 Å². The molecule has 1 aliphatic rings. The lowest BCUT2D eigenvalue weighted by atomic mass is 10.2. The maximum atomic E-state index is 12.5. The molecular weight excluding hydrogens is 404 g/mol. The van der Waals surface area contributed by atoms with Crippen LogP contribution < -0.4 is 10.1 Å². The molecule has 1 aliphatic heterocycles. The minimum atomic E-state index is -0.237. The number of amides is 2. The third-order valence-corrected chi connectivity index (χ3v) is 5.50. The number of hydrogen-bond acceptors (Lipinski definition) is 5. The maximum Gasteiger partial charge on any atom is 0.266 e. The highest BCUT2D eigenvalue weighted by Gasteiger charge is 2.33. The number of aryl methyl sites for hydroxylation is 1. The molecule has 0 aromatic heterocycles. The van der Waals surface area contributed by atoms with Crippen molar-refractivity contribution < 1.29 is 14.3 Å². The van der Waals surface area contributed by atoms with Crippen molar-refractivity contribution in [1.29, 1.82) is 0 Å². The van der Waals surface area contributed by atoms with Gasteiger partial charge in [0.05, 0.1) is 4.91 Å². The van der Waals surface area contributed by atoms with Crippen LogP contribution >= 0.6 is 24.0 Å². The maximum absolute atomic E-state index is 12.5. The average Bonchev–Trinajstić information content (AvgIpc) is 2.94. The van der Waals surface area contributed by atoms with Crippen molar-refractivity contribution >= 4 is 51.9 Å². The SMILES string of the molecule is Cc1cccc(NC(=O)COc2cccc(/C=C3\SC(=S)N(C(C)C)C3=O)c2)c1. The van der Waals surface area contributed by atoms with Crippen LogP contribution in [0, 0.1) is 6.92 Å². The van der Waals surface area contributed by atoms with Gasteiger partial charge in [-0.15, -0.1) is 0 Å². The Morgan fingerprint density at radius 2 is 2.00 bits per heavy atom. The summed E-state index contributed by atoms with van der Waals surface area (Å²) in [5, 5.41) is 2.81. The minimum Gasteiger partial charge on any atom is -0.484 e. The number of thioether (sulfide) groups is 1. The van der Waals surface area contributed by atoms with Crippen LogP contribution in [-0.2, 0) is 9.59 Å². The summed E-state index contributed by atoms with van der Waals surface area (Å²) < 4.78 is 6.18. The number of rotatable bonds is 6. The number of carbonyl (C=O) groups is 2. The van der Waals surface area contributed by atoms with Crippen molar-refractivity contribution in [3.63, 3.8) is 0 Å². The van der Waals surface area contributed by atoms with Gasteiger partial charge >= 0.3 is 0 Å². The van der Waals surface area contributed by atoms with E-state index >= 15 is 0 Å². The number of carbonyl (C=O) groups excluding carboxylic acids is 2. The van der Waals surface area contributed by atoms with Crippen molar-refractivity contribution in [2.24, 2.45) is 0 Å². The number of hydrogen-bond donors (Lipinski definition) is 1. The molecule has 1 N–H and O–H groups in total. The molecule has 1 heterocycles. The van der Waals surface area contributed by atoms with Crippen LogP contribution in [-0.4, -0.2) is 33.7 Å². The molecule has 150 valence electrons. The lowest BCUT2D eigenvalue weighted by Gasteiger charge is -2.18. The van der Waals surface area contributed by atoms with Crippen LogP contribution in [0.1, 0.15) is 25.0 Å². The Hall–Kier alpha value is -2.64. The van der Waals surface area contributed by atoms with Crippen molar-refractivity contribution in [1.82, 2.24) is 4.90 Å². The lowest BCUT2D eigenvalue weighted by molar-refractivity contribution is -0.123. The standard InChI is InChI=1S/C22H22N2O3S2/c1-14(2)24-21(26)19(29-22(24)28)12-16-7-5-9-18(11-16)27-13-20(25)23-17-8-4-6-15(3)10-17/h4-12,14H,13H2,1-3H3,(H,23,25)/b19-12-. The molecule has 0 saturated carbocycles. The van der Waals surface area contributed by atoms with Gasteiger partial charge in [-0.05, 0) is 62.2 Å². The summed E-state index contributed by atoms with van der Waals surface area (Å²) in [7, 11) is 0. The van der Waals surface area contributed by atoms with E-state index in [1.807, 2.05) is 57.2 Å². The second kappa shape index (κ2) is 9.24. The van der Waals surface area contributed by atoms with Crippen LogP contribution in [0.5, 0.6) is 5.75 Å². The average molecular weight is 427 g/mol. The molecule has 0 unspecified atom stereocenters. The fourth-order valence-electron chi connectivity index (χ4n) is 2.84. The molecule has 0 radical (unpaired) electrons. The van der Waals surface area contributed by atoms with Gasteiger partial charge in [0.15, 0.2) is 6.61 Å². The minimum absolute atomic E-state index is 0.0231. The van der Waals surface area contributed by atoms with Crippen LogP contribution in [0.15, 0.2) is 53.4 Å². The molecule has 0 aliphatic carbocycles. The van der Waals surface area contributed by atoms with Crippen molar-refractivity contribution in [3.8, 4) is 5.75 Å². The van der Waals surface area contributed by atoms with Gasteiger partial charge in [-0.25, -0.2) is 0 Å². The molecule has 0 atom stereocenters. The van der Waals surface area contributed by atoms with E-state index in [2.05, 4.69) is 5.32 Å². The van der Waals surface area contributed by atoms with Gasteiger partial charge in [0.1, 0.15) is 10.1 Å². The molecule has 1 fully saturated rings. The van der Waals surface area contributed by atoms with Crippen molar-refractivity contribution in [3.05, 3.63) is 64.6 Å². The highest BCUT2D eigenvalue weighted by atomic mass is 32.2. The van der Waals surface area contributed by atoms with E-state index in [4.69, 9.17) is 17.0 Å². The molecule has 5 nitrogen and oxygen atoms in total. The summed E-state index contributed by atoms with van der Waals surface area (Å²) in [6.45, 7) is 5.73. The van der Waals surface area contributed by atoms with E-state index in [1.165, 1.54) is 11.8 Å². The van der Waals surface area contributed by atoms with Crippen LogP contribution in [0.25, 0.3) is 6.08 Å². The first-order valence-electron chi connectivity index (χ1n) is 9.20. The Morgan fingerprint density at radius 1 is 1.24 bits per heavy atom. The van der Waals surface area contributed by atoms with E-state index in [1.54, 1.807) is 23.1 Å². The van der Waals surface area contributed by atoms with E-state index < -0.39 is 0 Å². The van der Waals surface area contributed by atoms with E-state index in [0.717, 1.165) is 16.8 Å². The van der Waals surface area contributed by atoms with Crippen molar-refractivity contribution in [2.75, 3.05) is 11.9 Å². The Bertz CT molecular complexity index is 986. The Morgan fingerprint density at radius 3 is 2.69 bits per heavy atom. The number of nitrogens with zero attached hydrogens (tertiary/aromatic N) is 1. The molecule has 29 heavy (non-hydrogen) atoms. The molecule has 2 aromatic rings. The first-order chi connectivity index (χ1) is 13.8. The third kappa shape index (κ3) is 5.46. The molecular formula is C22H22N2O3S2. The van der Waals surface area contributed by atoms with Gasteiger partial charge in [-0.3, -0.25) is 14.5 Å². The Kier molecular flexibility index (Phi) is 6.71. The van der Waals surface area contributed by atoms with Gasteiger partial charge in [0, 0.05) is 11.7 Å². The first-order valence-corrected chi connectivity index (χ1v) is 10.4. The summed E-state index contributed by atoms with van der Waals surface area (Å²) in [6.07, 6.45) is 1.79. The summed E-state index contributed by atoms with van der Waals surface area (Å²) in [6, 6.07) is 14.9. The van der Waals surface area contributed by atoms with E-state index in [0.29, 0.717) is 15.0 Å². The topological polar surface area (TPSA) is 58.6 Å². The molecule has 1 saturated heterocycles. The van der Waals surface area contributed by atoms with Gasteiger partial charge < -0.3 is 10.1 Å². The lowest BCUT2D eigenvalue weighted by Crippen LogP contribution is -2.34. The first kappa shape index (κ1) is 21.1. The number of ether oxygens (including phenoxy) is 1. The number of benzene rings is 2. The van der Waals surface area contributed by atoms with Gasteiger partial charge in [-0.1, -0.05) is 48.2 Å². The van der Waals surface area contributed by atoms with Crippen LogP contribution in [0.2, 0.25) is 0 Å². The zero-order valence-corrected chi connectivity index (χ0v) is 18.1. The van der Waals surface area contributed by atoms with Crippen LogP contribution in [0.4, 0.5) is 5.69 Å². The van der Waals surface area contributed by atoms with Gasteiger partial charge in [0.2, 0.25) is 0 Å². The summed E-state index contributed by atoms with van der Waals surface area (Å²) >= 11 is 6.60. The number of nitrogens with one attached hydrogen (secondary N) is 1. The molecule has 0 spiro atoms. The molecule has 3 rings (SSSR count). The normalized spacial score (nSPS) is 15.3.